The molecule has 3 aromatic heterocycles. The first-order valence-electron chi connectivity index (χ1n) is 41.5. The molecule has 5 aromatic rings. The van der Waals surface area contributed by atoms with E-state index in [4.69, 9.17) is 10.5 Å². The summed E-state index contributed by atoms with van der Waals surface area (Å²) >= 11 is 8.71. The molecule has 2 aromatic carbocycles. The zero-order chi connectivity index (χ0) is 91.8. The van der Waals surface area contributed by atoms with Gasteiger partial charge in [-0.1, -0.05) is 84.5 Å². The summed E-state index contributed by atoms with van der Waals surface area (Å²) in [5.41, 5.74) is 9.10. The number of amides is 15. The molecule has 125 heavy (non-hydrogen) atoms. The van der Waals surface area contributed by atoms with Gasteiger partial charge in [-0.05, 0) is 106 Å². The smallest absolute Gasteiger partial charge is 0.308 e. The van der Waals surface area contributed by atoms with Crippen LogP contribution in [0.2, 0.25) is 0 Å². The Hall–Kier alpha value is -11.9. The Morgan fingerprint density at radius 2 is 1.04 bits per heavy atom. The molecule has 0 radical (unpaired) electrons. The molecule has 0 aliphatic carbocycles. The number of rotatable bonds is 21. The molecule has 42 heteroatoms. The lowest BCUT2D eigenvalue weighted by Gasteiger charge is -2.34. The van der Waals surface area contributed by atoms with Crippen LogP contribution in [0.1, 0.15) is 131 Å². The number of H-pyrrole nitrogens is 3. The summed E-state index contributed by atoms with van der Waals surface area (Å²) in [6.07, 6.45) is 1.10. The minimum absolute atomic E-state index is 0.00354. The minimum Gasteiger partial charge on any atom is -0.481 e. The minimum atomic E-state index is -1.83. The average molecular weight is 1780 g/mol. The third-order valence-corrected chi connectivity index (χ3v) is 22.0. The van der Waals surface area contributed by atoms with Gasteiger partial charge >= 0.3 is 11.9 Å². The van der Waals surface area contributed by atoms with Crippen molar-refractivity contribution in [1.29, 1.82) is 0 Å². The van der Waals surface area contributed by atoms with Gasteiger partial charge < -0.3 is 115 Å². The highest BCUT2D eigenvalue weighted by Crippen LogP contribution is 2.28. The number of ether oxygens (including phenoxy) is 1. The lowest BCUT2D eigenvalue weighted by molar-refractivity contribution is -0.150. The van der Waals surface area contributed by atoms with E-state index >= 15 is 9.59 Å². The second-order valence-electron chi connectivity index (χ2n) is 33.0. The highest BCUT2D eigenvalue weighted by molar-refractivity contribution is 7.80. The van der Waals surface area contributed by atoms with Crippen LogP contribution >= 0.6 is 25.3 Å². The molecule has 20 N–H and O–H groups in total. The standard InChI is InChI=1S/C83H116N20O20S2/c1-40(2)24-55-71(110)88-34-65(105)91-54(21-22-66(106)107)72(111)94-56(25-41(3)4)77(116)100-68(43(7)8)81(120)97-58(27-47-32-87-53-19-14-12-17-51(47)53)74(113)99-62(38-125)79(118)101-69(45(10)104)83(122)102-23-15-20-63(102)82(121)103-35-48(84)28-64(103)80(119)96-60(30-67(108)123-36-42(5)6)76(115)98-61(37-124)78(117)90-44(9)70(109)92-57(26-46-31-86-52-18-13-11-16-50(46)52)73(112)95-59(75(114)93-55)29-49-33-85-39-89-49/h11-14,16-19,31-33,39-42,44-45,48,54-64,68-69,86-87,104,124-125H,7,15,20-30,34-38,84H2,1-6,8-10H3,(H,85,89)(H,88,110)(H,90,117)(H,91,105)(H,92,109)(H,93,114)(H,94,111)(H,95,112)(H,96,119)(H,97,120)(H,98,115)(H,99,113)(H,100,116)(H,101,118)(H,106,107)/t44-,45+,48-,54-,55-,56-,57-,58-,59-,60-,61-,62-,63+,64-,68-,69?/m0/s1. The molecule has 16 atom stereocenters. The maximum atomic E-state index is 15.0. The second kappa shape index (κ2) is 46.2. The van der Waals surface area contributed by atoms with Crippen molar-refractivity contribution in [2.45, 2.75) is 230 Å². The number of nitrogens with zero attached hydrogens (tertiary/aromatic N) is 3. The molecule has 3 aliphatic rings. The van der Waals surface area contributed by atoms with E-state index in [0.717, 1.165) is 9.80 Å². The monoisotopic (exact) mass is 1780 g/mol. The number of aliphatic hydroxyl groups is 1. The van der Waals surface area contributed by atoms with Gasteiger partial charge in [0, 0.05) is 102 Å². The summed E-state index contributed by atoms with van der Waals surface area (Å²) in [6.45, 7) is 16.8. The number of thiol groups is 2. The molecule has 0 saturated carbocycles. The topological polar surface area (TPSA) is 589 Å². The van der Waals surface area contributed by atoms with Gasteiger partial charge in [0.05, 0.1) is 32.0 Å². The molecular weight excluding hydrogens is 1660 g/mol. The number of aromatic nitrogens is 4. The van der Waals surface area contributed by atoms with Gasteiger partial charge in [-0.15, -0.1) is 0 Å². The lowest BCUT2D eigenvalue weighted by Crippen LogP contribution is -2.62. The number of carboxylic acid groups (broad SMARTS) is 1. The number of aliphatic hydroxyl groups excluding tert-OH is 1. The number of hydrogen-bond acceptors (Lipinski definition) is 23. The number of nitrogens with one attached hydrogen (secondary N) is 16. The van der Waals surface area contributed by atoms with Crippen LogP contribution in [0.4, 0.5) is 0 Å². The molecule has 15 amide bonds. The quantitative estimate of drug-likeness (QED) is 0.0208. The molecule has 8 rings (SSSR count). The van der Waals surface area contributed by atoms with Crippen LogP contribution in [-0.4, -0.2) is 275 Å². The predicted octanol–water partition coefficient (Wildman–Crippen LogP) is -2.35. The number of aromatic amines is 3. The highest BCUT2D eigenvalue weighted by Gasteiger charge is 2.48. The summed E-state index contributed by atoms with van der Waals surface area (Å²) in [7, 11) is 0. The zero-order valence-corrected chi connectivity index (χ0v) is 73.0. The highest BCUT2D eigenvalue weighted by atomic mass is 32.1. The third kappa shape index (κ3) is 28.0. The van der Waals surface area contributed by atoms with E-state index in [1.807, 2.05) is 0 Å². The Morgan fingerprint density at radius 3 is 1.57 bits per heavy atom. The average Bonchev–Trinajstić information content (AvgIpc) is 1.65. The van der Waals surface area contributed by atoms with Crippen LogP contribution in [0.5, 0.6) is 0 Å². The maximum absolute atomic E-state index is 15.0. The van der Waals surface area contributed by atoms with Crippen molar-refractivity contribution >= 4 is 148 Å². The van der Waals surface area contributed by atoms with Crippen molar-refractivity contribution in [3.05, 3.63) is 102 Å². The van der Waals surface area contributed by atoms with Crippen LogP contribution in [0, 0.1) is 17.8 Å². The molecule has 0 bridgehead atoms. The predicted molar refractivity (Wildman–Crippen MR) is 461 cm³/mol. The number of benzene rings is 2. The number of hydrogen-bond donors (Lipinski definition) is 21. The number of carbonyl (C=O) groups is 17. The van der Waals surface area contributed by atoms with E-state index in [-0.39, 0.29) is 94.4 Å². The Bertz CT molecular complexity index is 4750. The first-order valence-corrected chi connectivity index (χ1v) is 42.8. The molecule has 40 nitrogen and oxygen atoms in total. The molecule has 680 valence electrons. The van der Waals surface area contributed by atoms with E-state index < -0.39 is 235 Å². The van der Waals surface area contributed by atoms with Gasteiger partial charge in [0.1, 0.15) is 84.6 Å². The molecule has 3 fully saturated rings. The van der Waals surface area contributed by atoms with Gasteiger partial charge in [-0.3, -0.25) is 81.5 Å². The van der Waals surface area contributed by atoms with Crippen molar-refractivity contribution in [3.8, 4) is 0 Å². The SMILES string of the molecule is C=C(C)[C@@H]1NC(=O)[C@H](CC(C)C)NC(=O)[C@H](CCC(=O)O)NC(=O)CNC(=O)[C@H](CC(C)C)NC(=O)[C@H](Cc2cnc[nH]2)NC(=O)[C@H](Cc2c[nH]c3ccccc23)NC(=O)[C@H](C)NC(=O)[C@H](CS)NC(=O)[C@H](CC(=O)OCC(C)C)NC(=O)[C@@H]2C[C@H](N)CN2C(=O)[C@H]2CCCN2C(=O)C([C@@H](C)O)NC(=O)[C@H](CS)NC(=O)[C@H](Cc2c[nH]c3ccccc23)NC1=O. The van der Waals surface area contributed by atoms with Gasteiger partial charge in [0.15, 0.2) is 0 Å². The number of carboxylic acids is 1. The number of aliphatic carboxylic acids is 1. The van der Waals surface area contributed by atoms with Crippen LogP contribution in [0.15, 0.2) is 85.6 Å². The fourth-order valence-corrected chi connectivity index (χ4v) is 15.2. The first kappa shape index (κ1) is 98.5. The zero-order valence-electron chi connectivity index (χ0n) is 71.2. The van der Waals surface area contributed by atoms with E-state index in [1.54, 1.807) is 102 Å². The molecular formula is C83H116N20O20S2. The summed E-state index contributed by atoms with van der Waals surface area (Å²) in [5, 5.41) is 55.8. The summed E-state index contributed by atoms with van der Waals surface area (Å²) in [6, 6.07) is -9.14. The molecule has 6 heterocycles. The fraction of sp³-hybridized carbons (Fsp3) is 0.542. The van der Waals surface area contributed by atoms with Crippen molar-refractivity contribution < 1.29 is 96.5 Å². The Labute approximate surface area is 732 Å². The largest absolute Gasteiger partial charge is 0.481 e. The third-order valence-electron chi connectivity index (χ3n) is 21.3. The van der Waals surface area contributed by atoms with E-state index in [2.05, 4.69) is 121 Å². The number of carbonyl (C=O) groups excluding carboxylic acids is 16. The van der Waals surface area contributed by atoms with Gasteiger partial charge in [-0.2, -0.15) is 25.3 Å². The number of fused-ring (bicyclic) bond motifs is 4. The Kier molecular flexibility index (Phi) is 36.4. The Morgan fingerprint density at radius 1 is 0.552 bits per heavy atom. The summed E-state index contributed by atoms with van der Waals surface area (Å²) < 4.78 is 5.42. The first-order chi connectivity index (χ1) is 59.2. The van der Waals surface area contributed by atoms with Crippen molar-refractivity contribution in [3.63, 3.8) is 0 Å². The van der Waals surface area contributed by atoms with Crippen molar-refractivity contribution in [2.24, 2.45) is 23.5 Å². The van der Waals surface area contributed by atoms with Gasteiger partial charge in [0.2, 0.25) is 88.6 Å². The van der Waals surface area contributed by atoms with E-state index in [0.29, 0.717) is 38.6 Å². The van der Waals surface area contributed by atoms with Gasteiger partial charge in [0.25, 0.3) is 0 Å². The number of imidazole rings is 1. The van der Waals surface area contributed by atoms with Crippen LogP contribution in [0.3, 0.4) is 0 Å². The fourth-order valence-electron chi connectivity index (χ4n) is 14.7. The van der Waals surface area contributed by atoms with E-state index in [9.17, 15) is 82.1 Å². The molecule has 0 spiro atoms. The molecule has 1 unspecified atom stereocenters. The Balaban J connectivity index is 1.14. The number of nitrogens with two attached hydrogens (primary N) is 1. The van der Waals surface area contributed by atoms with E-state index in [1.165, 1.54) is 33.3 Å². The van der Waals surface area contributed by atoms with Crippen molar-refractivity contribution in [1.82, 2.24) is 98.9 Å². The van der Waals surface area contributed by atoms with Crippen LogP contribution < -0.4 is 74.9 Å². The second-order valence-corrected chi connectivity index (χ2v) is 33.7. The van der Waals surface area contributed by atoms with Crippen LogP contribution in [0.25, 0.3) is 21.8 Å². The molecule has 3 aliphatic heterocycles. The number of para-hydroxylation sites is 2. The normalized spacial score (nSPS) is 26.0. The van der Waals surface area contributed by atoms with Crippen LogP contribution in [-0.2, 0) is 106 Å². The molecule has 3 saturated heterocycles. The summed E-state index contributed by atoms with van der Waals surface area (Å²) in [5.74, 6) is -19.0. The van der Waals surface area contributed by atoms with Crippen molar-refractivity contribution in [2.75, 3.05) is 37.7 Å². The van der Waals surface area contributed by atoms with Gasteiger partial charge in [-0.25, -0.2) is 4.98 Å². The maximum Gasteiger partial charge on any atom is 0.308 e. The summed E-state index contributed by atoms with van der Waals surface area (Å²) in [4.78, 5) is 261. The lowest BCUT2D eigenvalue weighted by atomic mass is 10.00. The number of esters is 1.